The molecule has 1 atom stereocenters. The summed E-state index contributed by atoms with van der Waals surface area (Å²) in [5.74, 6) is 0.742. The lowest BCUT2D eigenvalue weighted by Gasteiger charge is -2.26. The van der Waals surface area contributed by atoms with E-state index in [-0.39, 0.29) is 11.9 Å². The average Bonchev–Trinajstić information content (AvgIpc) is 3.34. The first kappa shape index (κ1) is 19.6. The van der Waals surface area contributed by atoms with Gasteiger partial charge in [-0.2, -0.15) is 5.10 Å². The van der Waals surface area contributed by atoms with Crippen molar-refractivity contribution in [2.75, 3.05) is 7.11 Å². The molecule has 3 aromatic carbocycles. The average molecular weight is 474 g/mol. The van der Waals surface area contributed by atoms with Gasteiger partial charge in [0.15, 0.2) is 0 Å². The van der Waals surface area contributed by atoms with Crippen LogP contribution >= 0.6 is 15.9 Å². The van der Waals surface area contributed by atoms with Crippen molar-refractivity contribution in [3.8, 4) is 17.0 Å². The van der Waals surface area contributed by atoms with Crippen LogP contribution in [0.25, 0.3) is 11.3 Å². The Morgan fingerprint density at radius 3 is 2.52 bits per heavy atom. The number of carbonyl (C=O) groups excluding carboxylic acids is 1. The van der Waals surface area contributed by atoms with Gasteiger partial charge in [0.2, 0.25) is 0 Å². The number of aromatic nitrogens is 2. The molecular formula is C25H20BrN3O2. The van der Waals surface area contributed by atoms with Crippen molar-refractivity contribution in [3.05, 3.63) is 106 Å². The van der Waals surface area contributed by atoms with Gasteiger partial charge < -0.3 is 9.64 Å². The lowest BCUT2D eigenvalue weighted by atomic mass is 9.96. The number of hydrogen-bond acceptors (Lipinski definition) is 3. The maximum atomic E-state index is 13.5. The van der Waals surface area contributed by atoms with Gasteiger partial charge in [-0.05, 0) is 35.4 Å². The third kappa shape index (κ3) is 3.53. The highest BCUT2D eigenvalue weighted by Crippen LogP contribution is 2.43. The van der Waals surface area contributed by atoms with Crippen molar-refractivity contribution >= 4 is 21.8 Å². The van der Waals surface area contributed by atoms with E-state index in [1.165, 1.54) is 0 Å². The number of amides is 1. The Hall–Kier alpha value is -3.38. The zero-order valence-electron chi connectivity index (χ0n) is 16.9. The summed E-state index contributed by atoms with van der Waals surface area (Å²) in [4.78, 5) is 15.4. The molecule has 2 heterocycles. The normalized spacial score (nSPS) is 15.2. The highest BCUT2D eigenvalue weighted by Gasteiger charge is 2.42. The van der Waals surface area contributed by atoms with Crippen LogP contribution in [0.15, 0.2) is 83.3 Å². The molecule has 154 valence electrons. The first-order chi connectivity index (χ1) is 15.2. The number of halogens is 1. The number of rotatable bonds is 5. The zero-order valence-corrected chi connectivity index (χ0v) is 18.5. The molecule has 1 N–H and O–H groups in total. The number of ether oxygens (including phenoxy) is 1. The topological polar surface area (TPSA) is 58.2 Å². The quantitative estimate of drug-likeness (QED) is 0.410. The van der Waals surface area contributed by atoms with E-state index in [2.05, 4.69) is 38.3 Å². The van der Waals surface area contributed by atoms with Gasteiger partial charge in [-0.3, -0.25) is 9.89 Å². The number of nitrogens with zero attached hydrogens (tertiary/aromatic N) is 2. The van der Waals surface area contributed by atoms with E-state index in [0.717, 1.165) is 38.2 Å². The van der Waals surface area contributed by atoms with Crippen LogP contribution in [-0.4, -0.2) is 28.1 Å². The predicted molar refractivity (Wildman–Crippen MR) is 123 cm³/mol. The van der Waals surface area contributed by atoms with Crippen LogP contribution in [0.5, 0.6) is 5.75 Å². The molecule has 1 amide bonds. The molecule has 6 heteroatoms. The molecule has 0 aliphatic carbocycles. The second-order valence-corrected chi connectivity index (χ2v) is 8.38. The first-order valence-corrected chi connectivity index (χ1v) is 10.8. The van der Waals surface area contributed by atoms with Gasteiger partial charge in [-0.15, -0.1) is 0 Å². The summed E-state index contributed by atoms with van der Waals surface area (Å²) in [5, 5.41) is 7.53. The number of nitrogens with one attached hydrogen (secondary N) is 1. The molecular weight excluding hydrogens is 454 g/mol. The molecule has 0 saturated heterocycles. The van der Waals surface area contributed by atoms with Crippen molar-refractivity contribution < 1.29 is 9.53 Å². The fourth-order valence-electron chi connectivity index (χ4n) is 4.13. The molecule has 0 fully saturated rings. The minimum Gasteiger partial charge on any atom is -0.497 e. The van der Waals surface area contributed by atoms with Crippen LogP contribution in [0, 0.1) is 0 Å². The Bertz CT molecular complexity index is 1240. The standard InChI is InChI=1S/C25H20BrN3O2/c1-31-20-12-10-16(11-13-20)15-29-24(18-8-5-9-19(26)14-18)21-22(17-6-3-2-4-7-17)27-28-23(21)25(29)30/h2-14,24H,15H2,1H3,(H,27,28). The number of fused-ring (bicyclic) bond motifs is 1. The molecule has 1 aromatic heterocycles. The third-order valence-electron chi connectivity index (χ3n) is 5.59. The third-order valence-corrected chi connectivity index (χ3v) is 6.08. The molecule has 1 unspecified atom stereocenters. The molecule has 5 rings (SSSR count). The van der Waals surface area contributed by atoms with E-state index in [0.29, 0.717) is 12.2 Å². The van der Waals surface area contributed by atoms with Gasteiger partial charge in [-0.1, -0.05) is 70.5 Å². The maximum Gasteiger partial charge on any atom is 0.273 e. The van der Waals surface area contributed by atoms with Crippen LogP contribution in [0.2, 0.25) is 0 Å². The number of H-pyrrole nitrogens is 1. The predicted octanol–water partition coefficient (Wildman–Crippen LogP) is 5.59. The molecule has 31 heavy (non-hydrogen) atoms. The minimum absolute atomic E-state index is 0.0505. The van der Waals surface area contributed by atoms with E-state index in [4.69, 9.17) is 4.74 Å². The van der Waals surface area contributed by atoms with Crippen LogP contribution in [-0.2, 0) is 6.54 Å². The van der Waals surface area contributed by atoms with Gasteiger partial charge in [-0.25, -0.2) is 0 Å². The molecule has 0 saturated carbocycles. The molecule has 0 bridgehead atoms. The Balaban J connectivity index is 1.62. The first-order valence-electron chi connectivity index (χ1n) is 9.99. The van der Waals surface area contributed by atoms with E-state index in [1.54, 1.807) is 7.11 Å². The van der Waals surface area contributed by atoms with Crippen LogP contribution in [0.4, 0.5) is 0 Å². The maximum absolute atomic E-state index is 13.5. The van der Waals surface area contributed by atoms with E-state index in [1.807, 2.05) is 71.6 Å². The number of aromatic amines is 1. The minimum atomic E-state index is -0.240. The van der Waals surface area contributed by atoms with Crippen LogP contribution < -0.4 is 4.74 Å². The van der Waals surface area contributed by atoms with Crippen LogP contribution in [0.1, 0.15) is 33.2 Å². The number of hydrogen-bond donors (Lipinski definition) is 1. The van der Waals surface area contributed by atoms with Crippen molar-refractivity contribution in [2.45, 2.75) is 12.6 Å². The van der Waals surface area contributed by atoms with Gasteiger partial charge in [0.25, 0.3) is 5.91 Å². The fraction of sp³-hybridized carbons (Fsp3) is 0.120. The summed E-state index contributed by atoms with van der Waals surface area (Å²) in [5.41, 5.74) is 5.34. The highest BCUT2D eigenvalue weighted by atomic mass is 79.9. The van der Waals surface area contributed by atoms with Gasteiger partial charge in [0.05, 0.1) is 18.8 Å². The zero-order chi connectivity index (χ0) is 21.4. The largest absolute Gasteiger partial charge is 0.497 e. The molecule has 4 aromatic rings. The Kier molecular flexibility index (Phi) is 5.08. The summed E-state index contributed by atoms with van der Waals surface area (Å²) in [6.07, 6.45) is 0. The fourth-order valence-corrected chi connectivity index (χ4v) is 4.54. The number of benzene rings is 3. The Labute approximate surface area is 188 Å². The van der Waals surface area contributed by atoms with Crippen molar-refractivity contribution in [1.29, 1.82) is 0 Å². The molecule has 1 aliphatic heterocycles. The van der Waals surface area contributed by atoms with Gasteiger partial charge in [0, 0.05) is 22.1 Å². The molecule has 0 radical (unpaired) electrons. The molecule has 5 nitrogen and oxygen atoms in total. The smallest absolute Gasteiger partial charge is 0.273 e. The lowest BCUT2D eigenvalue weighted by Crippen LogP contribution is -2.29. The summed E-state index contributed by atoms with van der Waals surface area (Å²) >= 11 is 3.58. The van der Waals surface area contributed by atoms with E-state index < -0.39 is 0 Å². The van der Waals surface area contributed by atoms with E-state index in [9.17, 15) is 4.79 Å². The summed E-state index contributed by atoms with van der Waals surface area (Å²) in [7, 11) is 1.65. The molecule has 0 spiro atoms. The van der Waals surface area contributed by atoms with Crippen molar-refractivity contribution in [3.63, 3.8) is 0 Å². The monoisotopic (exact) mass is 473 g/mol. The second kappa shape index (κ2) is 8.04. The number of methoxy groups -OCH3 is 1. The van der Waals surface area contributed by atoms with Gasteiger partial charge in [0.1, 0.15) is 11.4 Å². The van der Waals surface area contributed by atoms with Crippen molar-refractivity contribution in [1.82, 2.24) is 15.1 Å². The summed E-state index contributed by atoms with van der Waals surface area (Å²) in [6.45, 7) is 0.483. The lowest BCUT2D eigenvalue weighted by molar-refractivity contribution is 0.0730. The van der Waals surface area contributed by atoms with Crippen molar-refractivity contribution in [2.24, 2.45) is 0 Å². The SMILES string of the molecule is COc1ccc(CN2C(=O)c3[nH]nc(-c4ccccc4)c3C2c2cccc(Br)c2)cc1. The highest BCUT2D eigenvalue weighted by molar-refractivity contribution is 9.10. The summed E-state index contributed by atoms with van der Waals surface area (Å²) < 4.78 is 6.24. The Morgan fingerprint density at radius 1 is 1.03 bits per heavy atom. The second-order valence-electron chi connectivity index (χ2n) is 7.47. The number of carbonyl (C=O) groups is 1. The molecule has 1 aliphatic rings. The van der Waals surface area contributed by atoms with Gasteiger partial charge >= 0.3 is 0 Å². The van der Waals surface area contributed by atoms with E-state index >= 15 is 0 Å². The van der Waals surface area contributed by atoms with Crippen LogP contribution in [0.3, 0.4) is 0 Å². The Morgan fingerprint density at radius 2 is 1.81 bits per heavy atom. The summed E-state index contributed by atoms with van der Waals surface area (Å²) in [6, 6.07) is 25.7.